The molecule has 1 heterocycles. The summed E-state index contributed by atoms with van der Waals surface area (Å²) in [6.07, 6.45) is 4.31. The first-order valence-corrected chi connectivity index (χ1v) is 13.7. The lowest BCUT2D eigenvalue weighted by molar-refractivity contribution is -0.119. The minimum atomic E-state index is -0.528. The first-order valence-electron chi connectivity index (χ1n) is 13.3. The number of nitrogens with one attached hydrogen (secondary N) is 1. The molecule has 2 atom stereocenters. The number of amides is 1. The predicted octanol–water partition coefficient (Wildman–Crippen LogP) is 7.83. The van der Waals surface area contributed by atoms with E-state index in [1.54, 1.807) is 7.11 Å². The molecule has 3 aromatic carbocycles. The largest absolute Gasteiger partial charge is 0.497 e. The van der Waals surface area contributed by atoms with Crippen molar-refractivity contribution in [2.24, 2.45) is 0 Å². The van der Waals surface area contributed by atoms with Crippen molar-refractivity contribution in [1.82, 2.24) is 0 Å². The lowest BCUT2D eigenvalue weighted by atomic mass is 9.78. The maximum Gasteiger partial charge on any atom is 0.227 e. The fraction of sp³-hybridized carbons (Fsp3) is 0.312. The summed E-state index contributed by atoms with van der Waals surface area (Å²) in [5, 5.41) is 4.27. The summed E-state index contributed by atoms with van der Waals surface area (Å²) in [6.45, 7) is 2.13. The number of benzene rings is 3. The number of carbonyl (C=O) groups is 2. The Hall–Kier alpha value is -3.57. The minimum Gasteiger partial charge on any atom is -0.497 e. The number of fused-ring (bicyclic) bond motifs is 1. The van der Waals surface area contributed by atoms with Crippen molar-refractivity contribution in [3.8, 4) is 5.75 Å². The number of Topliss-reactive ketones (excluding diaryl/α,β-unsaturated/α-hetero) is 1. The molecule has 0 aromatic heterocycles. The number of rotatable bonds is 7. The van der Waals surface area contributed by atoms with Crippen molar-refractivity contribution >= 4 is 34.7 Å². The Morgan fingerprint density at radius 1 is 0.974 bits per heavy atom. The van der Waals surface area contributed by atoms with Gasteiger partial charge in [0, 0.05) is 29.1 Å². The van der Waals surface area contributed by atoms with Gasteiger partial charge in [0.05, 0.1) is 24.5 Å². The summed E-state index contributed by atoms with van der Waals surface area (Å²) in [4.78, 5) is 29.8. The van der Waals surface area contributed by atoms with Crippen LogP contribution >= 0.6 is 11.6 Å². The maximum absolute atomic E-state index is 14.0. The Balaban J connectivity index is 1.65. The number of hydrogen-bond donors (Lipinski definition) is 1. The Morgan fingerprint density at radius 3 is 2.39 bits per heavy atom. The number of methoxy groups -OCH3 is 1. The predicted molar refractivity (Wildman–Crippen MR) is 153 cm³/mol. The third-order valence-corrected chi connectivity index (χ3v) is 7.78. The highest BCUT2D eigenvalue weighted by atomic mass is 35.5. The molecule has 2 aliphatic rings. The highest BCUT2D eigenvalue weighted by Gasteiger charge is 2.41. The molecule has 0 spiro atoms. The number of unbranched alkanes of at least 4 members (excludes halogenated alkanes) is 2. The molecule has 1 aliphatic heterocycles. The van der Waals surface area contributed by atoms with Gasteiger partial charge in [-0.15, -0.1) is 0 Å². The normalized spacial score (nSPS) is 18.8. The van der Waals surface area contributed by atoms with Crippen molar-refractivity contribution in [2.45, 2.75) is 57.4 Å². The van der Waals surface area contributed by atoms with Crippen LogP contribution in [0.5, 0.6) is 5.75 Å². The van der Waals surface area contributed by atoms with E-state index >= 15 is 0 Å². The van der Waals surface area contributed by atoms with Crippen LogP contribution in [0.2, 0.25) is 5.02 Å². The fourth-order valence-corrected chi connectivity index (χ4v) is 5.71. The number of anilines is 2. The van der Waals surface area contributed by atoms with Gasteiger partial charge in [0.2, 0.25) is 5.91 Å². The van der Waals surface area contributed by atoms with Crippen molar-refractivity contribution in [3.05, 3.63) is 100 Å². The molecule has 1 amide bonds. The molecule has 1 N–H and O–H groups in total. The quantitative estimate of drug-likeness (QED) is 0.317. The van der Waals surface area contributed by atoms with E-state index in [9.17, 15) is 9.59 Å². The first-order chi connectivity index (χ1) is 18.5. The highest BCUT2D eigenvalue weighted by Crippen LogP contribution is 2.47. The van der Waals surface area contributed by atoms with E-state index in [4.69, 9.17) is 16.3 Å². The second-order valence-corrected chi connectivity index (χ2v) is 10.4. The van der Waals surface area contributed by atoms with Gasteiger partial charge in [0.1, 0.15) is 5.75 Å². The van der Waals surface area contributed by atoms with Crippen LogP contribution in [0.15, 0.2) is 84.1 Å². The van der Waals surface area contributed by atoms with Crippen molar-refractivity contribution in [1.29, 1.82) is 0 Å². The zero-order valence-electron chi connectivity index (χ0n) is 21.9. The number of ketones is 1. The van der Waals surface area contributed by atoms with Gasteiger partial charge < -0.3 is 10.1 Å². The van der Waals surface area contributed by atoms with Gasteiger partial charge in [-0.2, -0.15) is 0 Å². The smallest absolute Gasteiger partial charge is 0.227 e. The number of ether oxygens (including phenoxy) is 1. The summed E-state index contributed by atoms with van der Waals surface area (Å²) >= 11 is 6.13. The molecule has 0 saturated heterocycles. The van der Waals surface area contributed by atoms with Crippen LogP contribution in [0.4, 0.5) is 11.4 Å². The molecule has 0 saturated carbocycles. The second-order valence-electron chi connectivity index (χ2n) is 10.0. The summed E-state index contributed by atoms with van der Waals surface area (Å²) in [5.74, 6) is 0.837. The molecule has 5 rings (SSSR count). The zero-order chi connectivity index (χ0) is 26.6. The monoisotopic (exact) mass is 528 g/mol. The molecule has 0 fully saturated rings. The van der Waals surface area contributed by atoms with Gasteiger partial charge in [-0.1, -0.05) is 67.8 Å². The summed E-state index contributed by atoms with van der Waals surface area (Å²) in [5.41, 5.74) is 5.14. The molecular weight excluding hydrogens is 496 g/mol. The average molecular weight is 529 g/mol. The topological polar surface area (TPSA) is 58.6 Å². The molecule has 0 radical (unpaired) electrons. The SMILES string of the molecule is CCCCCC(=O)N1c2ccccc2NC2=C(C(=O)C[C@@H](c3ccc(Cl)cc3)C2)[C@@H]1c1ccc(OC)cc1. The van der Waals surface area contributed by atoms with Crippen molar-refractivity contribution in [3.63, 3.8) is 0 Å². The van der Waals surface area contributed by atoms with Crippen LogP contribution in [-0.2, 0) is 9.59 Å². The zero-order valence-corrected chi connectivity index (χ0v) is 22.6. The van der Waals surface area contributed by atoms with E-state index in [1.165, 1.54) is 0 Å². The molecule has 5 nitrogen and oxygen atoms in total. The molecule has 38 heavy (non-hydrogen) atoms. The van der Waals surface area contributed by atoms with Gasteiger partial charge in [0.25, 0.3) is 0 Å². The Labute approximate surface area is 229 Å². The van der Waals surface area contributed by atoms with E-state index < -0.39 is 6.04 Å². The molecule has 6 heteroatoms. The Morgan fingerprint density at radius 2 is 1.68 bits per heavy atom. The summed E-state index contributed by atoms with van der Waals surface area (Å²) < 4.78 is 5.40. The Kier molecular flexibility index (Phi) is 7.85. The summed E-state index contributed by atoms with van der Waals surface area (Å²) in [7, 11) is 1.63. The average Bonchev–Trinajstić information content (AvgIpc) is 3.08. The summed E-state index contributed by atoms with van der Waals surface area (Å²) in [6, 6.07) is 22.8. The van der Waals surface area contributed by atoms with Gasteiger partial charge in [-0.3, -0.25) is 14.5 Å². The van der Waals surface area contributed by atoms with Crippen LogP contribution in [-0.4, -0.2) is 18.8 Å². The molecule has 3 aromatic rings. The standard InChI is InChI=1S/C32H33ClN2O3/c1-3-4-5-10-30(37)35-28-9-7-6-8-26(28)34-27-19-23(21-11-15-24(33)16-12-21)20-29(36)31(27)32(35)22-13-17-25(38-2)18-14-22/h6-9,11-18,23,32,34H,3-5,10,19-20H2,1-2H3/t23-,32-/m0/s1. The number of nitrogens with zero attached hydrogens (tertiary/aromatic N) is 1. The molecule has 1 aliphatic carbocycles. The van der Waals surface area contributed by atoms with E-state index in [-0.39, 0.29) is 17.6 Å². The highest BCUT2D eigenvalue weighted by molar-refractivity contribution is 6.30. The fourth-order valence-electron chi connectivity index (χ4n) is 5.58. The third kappa shape index (κ3) is 5.21. The first kappa shape index (κ1) is 26.1. The number of para-hydroxylation sites is 2. The van der Waals surface area contributed by atoms with E-state index in [2.05, 4.69) is 12.2 Å². The van der Waals surface area contributed by atoms with E-state index in [0.29, 0.717) is 29.9 Å². The van der Waals surface area contributed by atoms with Crippen LogP contribution in [0.25, 0.3) is 0 Å². The molecule has 0 bridgehead atoms. The van der Waals surface area contributed by atoms with Gasteiger partial charge in [-0.05, 0) is 66.3 Å². The number of allylic oxidation sites excluding steroid dienone is 1. The molecule has 0 unspecified atom stereocenters. The number of carbonyl (C=O) groups excluding carboxylic acids is 2. The van der Waals surface area contributed by atoms with Crippen LogP contribution in [0.1, 0.15) is 68.5 Å². The number of halogens is 1. The number of hydrogen-bond acceptors (Lipinski definition) is 4. The molecule has 196 valence electrons. The van der Waals surface area contributed by atoms with E-state index in [0.717, 1.165) is 53.2 Å². The Bertz CT molecular complexity index is 1350. The lowest BCUT2D eigenvalue weighted by Gasteiger charge is -2.35. The van der Waals surface area contributed by atoms with Crippen LogP contribution in [0.3, 0.4) is 0 Å². The van der Waals surface area contributed by atoms with E-state index in [1.807, 2.05) is 77.7 Å². The van der Waals surface area contributed by atoms with Crippen LogP contribution < -0.4 is 15.0 Å². The minimum absolute atomic E-state index is 0.0230. The van der Waals surface area contributed by atoms with Gasteiger partial charge in [0.15, 0.2) is 5.78 Å². The maximum atomic E-state index is 14.0. The van der Waals surface area contributed by atoms with Gasteiger partial charge in [-0.25, -0.2) is 0 Å². The lowest BCUT2D eigenvalue weighted by Crippen LogP contribution is -2.38. The third-order valence-electron chi connectivity index (χ3n) is 7.52. The molecular formula is C32H33ClN2O3. The second kappa shape index (κ2) is 11.4. The van der Waals surface area contributed by atoms with Gasteiger partial charge >= 0.3 is 0 Å². The van der Waals surface area contributed by atoms with Crippen molar-refractivity contribution in [2.75, 3.05) is 17.3 Å². The van der Waals surface area contributed by atoms with Crippen molar-refractivity contribution < 1.29 is 14.3 Å². The van der Waals surface area contributed by atoms with Crippen LogP contribution in [0, 0.1) is 0 Å².